The van der Waals surface area contributed by atoms with Gasteiger partial charge in [-0.25, -0.2) is 13.1 Å². The fourth-order valence-electron chi connectivity index (χ4n) is 1.80. The minimum Gasteiger partial charge on any atom is -0.326 e. The molecule has 0 aromatic heterocycles. The Bertz CT molecular complexity index is 587. The summed E-state index contributed by atoms with van der Waals surface area (Å²) in [7, 11) is -3.17. The number of nitrogens with one attached hydrogen (secondary N) is 3. The van der Waals surface area contributed by atoms with Crippen molar-refractivity contribution in [2.75, 3.05) is 24.2 Å². The molecule has 0 radical (unpaired) electrons. The van der Waals surface area contributed by atoms with Crippen LogP contribution in [0.1, 0.15) is 25.8 Å². The van der Waals surface area contributed by atoms with E-state index in [9.17, 15) is 13.2 Å². The lowest BCUT2D eigenvalue weighted by Gasteiger charge is -2.14. The minimum absolute atomic E-state index is 0.0342. The zero-order valence-electron chi connectivity index (χ0n) is 13.3. The van der Waals surface area contributed by atoms with Crippen molar-refractivity contribution in [3.8, 4) is 0 Å². The van der Waals surface area contributed by atoms with Crippen LogP contribution in [-0.2, 0) is 14.8 Å². The second-order valence-corrected chi connectivity index (χ2v) is 7.37. The highest BCUT2D eigenvalue weighted by molar-refractivity contribution is 7.89. The van der Waals surface area contributed by atoms with Gasteiger partial charge in [-0.3, -0.25) is 4.79 Å². The third kappa shape index (κ3) is 7.53. The zero-order chi connectivity index (χ0) is 16.6. The van der Waals surface area contributed by atoms with E-state index in [-0.39, 0.29) is 17.7 Å². The molecule has 1 aromatic carbocycles. The number of hydrogen-bond acceptors (Lipinski definition) is 4. The Kier molecular flexibility index (Phi) is 7.50. The molecule has 6 nitrogen and oxygen atoms in total. The molecule has 1 atom stereocenters. The van der Waals surface area contributed by atoms with Crippen molar-refractivity contribution in [1.82, 2.24) is 10.0 Å². The van der Waals surface area contributed by atoms with Gasteiger partial charge in [0.25, 0.3) is 0 Å². The SMILES string of the molecule is CCS(=O)(=O)NCC(C)NCCC(=O)Nc1cccc(C)c1. The van der Waals surface area contributed by atoms with Crippen LogP contribution in [0.25, 0.3) is 0 Å². The number of benzene rings is 1. The van der Waals surface area contributed by atoms with Gasteiger partial charge in [0.15, 0.2) is 0 Å². The maximum Gasteiger partial charge on any atom is 0.225 e. The van der Waals surface area contributed by atoms with Crippen LogP contribution < -0.4 is 15.4 Å². The molecule has 0 spiro atoms. The first-order valence-electron chi connectivity index (χ1n) is 7.39. The quantitative estimate of drug-likeness (QED) is 0.637. The summed E-state index contributed by atoms with van der Waals surface area (Å²) < 4.78 is 25.1. The van der Waals surface area contributed by atoms with Crippen molar-refractivity contribution < 1.29 is 13.2 Å². The molecule has 0 heterocycles. The van der Waals surface area contributed by atoms with E-state index in [1.165, 1.54) is 0 Å². The van der Waals surface area contributed by atoms with Crippen molar-refractivity contribution in [2.45, 2.75) is 33.2 Å². The number of aryl methyl sites for hydroxylation is 1. The summed E-state index contributed by atoms with van der Waals surface area (Å²) in [6.07, 6.45) is 0.332. The van der Waals surface area contributed by atoms with E-state index >= 15 is 0 Å². The largest absolute Gasteiger partial charge is 0.326 e. The lowest BCUT2D eigenvalue weighted by molar-refractivity contribution is -0.116. The van der Waals surface area contributed by atoms with Crippen LogP contribution in [0, 0.1) is 6.92 Å². The first-order valence-corrected chi connectivity index (χ1v) is 9.05. The molecule has 3 N–H and O–H groups in total. The molecular formula is C15H25N3O3S. The normalized spacial score (nSPS) is 12.9. The molecule has 1 amide bonds. The van der Waals surface area contributed by atoms with Crippen LogP contribution in [0.3, 0.4) is 0 Å². The maximum atomic E-state index is 11.8. The van der Waals surface area contributed by atoms with E-state index in [0.29, 0.717) is 19.5 Å². The number of sulfonamides is 1. The van der Waals surface area contributed by atoms with Gasteiger partial charge in [0.05, 0.1) is 5.75 Å². The standard InChI is InChI=1S/C15H25N3O3S/c1-4-22(20,21)17-11-13(3)16-9-8-15(19)18-14-7-5-6-12(2)10-14/h5-7,10,13,16-17H,4,8-9,11H2,1-3H3,(H,18,19). The van der Waals surface area contributed by atoms with Crippen LogP contribution in [0.2, 0.25) is 0 Å². The van der Waals surface area contributed by atoms with Crippen molar-refractivity contribution in [3.05, 3.63) is 29.8 Å². The van der Waals surface area contributed by atoms with Crippen LogP contribution in [0.4, 0.5) is 5.69 Å². The molecule has 0 bridgehead atoms. The summed E-state index contributed by atoms with van der Waals surface area (Å²) >= 11 is 0. The maximum absolute atomic E-state index is 11.8. The van der Waals surface area contributed by atoms with E-state index in [4.69, 9.17) is 0 Å². The summed E-state index contributed by atoms with van der Waals surface area (Å²) in [4.78, 5) is 11.8. The molecule has 0 saturated carbocycles. The van der Waals surface area contributed by atoms with Gasteiger partial charge < -0.3 is 10.6 Å². The lowest BCUT2D eigenvalue weighted by Crippen LogP contribution is -2.40. The van der Waals surface area contributed by atoms with E-state index < -0.39 is 10.0 Å². The number of anilines is 1. The molecule has 0 aliphatic heterocycles. The van der Waals surface area contributed by atoms with Crippen LogP contribution in [0.5, 0.6) is 0 Å². The second kappa shape index (κ2) is 8.87. The lowest BCUT2D eigenvalue weighted by atomic mass is 10.2. The first-order chi connectivity index (χ1) is 10.3. The minimum atomic E-state index is -3.17. The van der Waals surface area contributed by atoms with Gasteiger partial charge in [-0.15, -0.1) is 0 Å². The molecule has 1 rings (SSSR count). The molecule has 1 aromatic rings. The van der Waals surface area contributed by atoms with Crippen LogP contribution in [-0.4, -0.2) is 39.2 Å². The van der Waals surface area contributed by atoms with Gasteiger partial charge in [-0.1, -0.05) is 12.1 Å². The van der Waals surface area contributed by atoms with Crippen molar-refractivity contribution >= 4 is 21.6 Å². The third-order valence-corrected chi connectivity index (χ3v) is 4.50. The molecule has 0 saturated heterocycles. The molecule has 124 valence electrons. The number of carbonyl (C=O) groups is 1. The van der Waals surface area contributed by atoms with Crippen molar-refractivity contribution in [2.24, 2.45) is 0 Å². The Hall–Kier alpha value is -1.44. The Balaban J connectivity index is 2.24. The molecular weight excluding hydrogens is 302 g/mol. The average molecular weight is 327 g/mol. The molecule has 0 aliphatic rings. The molecule has 7 heteroatoms. The summed E-state index contributed by atoms with van der Waals surface area (Å²) in [6.45, 7) is 6.24. The van der Waals surface area contributed by atoms with E-state index in [1.54, 1.807) is 6.92 Å². The van der Waals surface area contributed by atoms with Crippen LogP contribution >= 0.6 is 0 Å². The molecule has 1 unspecified atom stereocenters. The number of carbonyl (C=O) groups excluding carboxylic acids is 1. The van der Waals surface area contributed by atoms with Gasteiger partial charge in [0.1, 0.15) is 0 Å². The van der Waals surface area contributed by atoms with Gasteiger partial charge >= 0.3 is 0 Å². The average Bonchev–Trinajstić information content (AvgIpc) is 2.45. The monoisotopic (exact) mass is 327 g/mol. The highest BCUT2D eigenvalue weighted by Gasteiger charge is 2.09. The highest BCUT2D eigenvalue weighted by Crippen LogP contribution is 2.09. The van der Waals surface area contributed by atoms with E-state index in [0.717, 1.165) is 11.3 Å². The number of rotatable bonds is 9. The molecule has 0 fully saturated rings. The van der Waals surface area contributed by atoms with Crippen LogP contribution in [0.15, 0.2) is 24.3 Å². The Morgan fingerprint density at radius 1 is 1.32 bits per heavy atom. The number of hydrogen-bond donors (Lipinski definition) is 3. The summed E-state index contributed by atoms with van der Waals surface area (Å²) in [6, 6.07) is 7.59. The first kappa shape index (κ1) is 18.6. The smallest absolute Gasteiger partial charge is 0.225 e. The fraction of sp³-hybridized carbons (Fsp3) is 0.533. The van der Waals surface area contributed by atoms with Gasteiger partial charge in [-0.2, -0.15) is 0 Å². The van der Waals surface area contributed by atoms with Gasteiger partial charge in [-0.05, 0) is 38.5 Å². The summed E-state index contributed by atoms with van der Waals surface area (Å²) in [5, 5.41) is 5.95. The Morgan fingerprint density at radius 2 is 2.05 bits per heavy atom. The van der Waals surface area contributed by atoms with Crippen molar-refractivity contribution in [3.63, 3.8) is 0 Å². The predicted octanol–water partition coefficient (Wildman–Crippen LogP) is 1.24. The van der Waals surface area contributed by atoms with Gasteiger partial charge in [0, 0.05) is 31.2 Å². The number of amides is 1. The van der Waals surface area contributed by atoms with Crippen molar-refractivity contribution in [1.29, 1.82) is 0 Å². The zero-order valence-corrected chi connectivity index (χ0v) is 14.2. The predicted molar refractivity (Wildman–Crippen MR) is 89.4 cm³/mol. The summed E-state index contributed by atoms with van der Waals surface area (Å²) in [5.41, 5.74) is 1.88. The highest BCUT2D eigenvalue weighted by atomic mass is 32.2. The summed E-state index contributed by atoms with van der Waals surface area (Å²) in [5.74, 6) is -0.00189. The topological polar surface area (TPSA) is 87.3 Å². The molecule has 0 aliphatic carbocycles. The second-order valence-electron chi connectivity index (χ2n) is 5.27. The van der Waals surface area contributed by atoms with Gasteiger partial charge in [0.2, 0.25) is 15.9 Å². The third-order valence-electron chi connectivity index (χ3n) is 3.14. The Labute approximate surface area is 132 Å². The Morgan fingerprint density at radius 3 is 2.68 bits per heavy atom. The fourth-order valence-corrected chi connectivity index (χ4v) is 2.51. The molecule has 22 heavy (non-hydrogen) atoms. The van der Waals surface area contributed by atoms with E-state index in [1.807, 2.05) is 38.1 Å². The van der Waals surface area contributed by atoms with E-state index in [2.05, 4.69) is 15.4 Å².